The van der Waals surface area contributed by atoms with E-state index in [-0.39, 0.29) is 17.2 Å². The van der Waals surface area contributed by atoms with Gasteiger partial charge in [0.1, 0.15) is 6.04 Å². The largest absolute Gasteiger partial charge is 0.480 e. The molecular formula is C17H20N2O4S. The van der Waals surface area contributed by atoms with Crippen LogP contribution in [0, 0.1) is 5.92 Å². The second-order valence-electron chi connectivity index (χ2n) is 5.91. The lowest BCUT2D eigenvalue weighted by Crippen LogP contribution is -2.41. The highest BCUT2D eigenvalue weighted by Crippen LogP contribution is 2.20. The van der Waals surface area contributed by atoms with Crippen LogP contribution >= 0.6 is 0 Å². The third kappa shape index (κ3) is 4.62. The minimum absolute atomic E-state index is 0.0325. The number of pyridine rings is 1. The Bertz CT molecular complexity index is 787. The molecule has 7 heteroatoms. The first-order chi connectivity index (χ1) is 11.3. The zero-order valence-corrected chi connectivity index (χ0v) is 14.3. The smallest absolute Gasteiger partial charge is 0.321 e. The van der Waals surface area contributed by atoms with Gasteiger partial charge in [-0.2, -0.15) is 4.72 Å². The molecule has 0 amide bonds. The van der Waals surface area contributed by atoms with E-state index in [0.717, 1.165) is 11.1 Å². The number of hydrogen-bond acceptors (Lipinski definition) is 4. The molecule has 0 spiro atoms. The monoisotopic (exact) mass is 348 g/mol. The average molecular weight is 348 g/mol. The van der Waals surface area contributed by atoms with Gasteiger partial charge in [0.2, 0.25) is 10.0 Å². The van der Waals surface area contributed by atoms with E-state index in [0.29, 0.717) is 0 Å². The van der Waals surface area contributed by atoms with Crippen LogP contribution in [0.1, 0.15) is 20.3 Å². The van der Waals surface area contributed by atoms with E-state index in [9.17, 15) is 18.3 Å². The van der Waals surface area contributed by atoms with Crippen molar-refractivity contribution in [2.45, 2.75) is 31.2 Å². The fraction of sp³-hybridized carbons (Fsp3) is 0.294. The SMILES string of the molecule is CC(C)CC(NS(=O)(=O)c1ccc(-c2cccnc2)cc1)C(=O)O. The summed E-state index contributed by atoms with van der Waals surface area (Å²) in [5.74, 6) is -1.12. The summed E-state index contributed by atoms with van der Waals surface area (Å²) in [6.45, 7) is 3.68. The number of nitrogens with one attached hydrogen (secondary N) is 1. The molecule has 0 aliphatic rings. The number of aliphatic carboxylic acids is 1. The molecule has 24 heavy (non-hydrogen) atoms. The Hall–Kier alpha value is -2.25. The zero-order valence-electron chi connectivity index (χ0n) is 13.5. The van der Waals surface area contributed by atoms with Gasteiger partial charge in [0, 0.05) is 12.4 Å². The van der Waals surface area contributed by atoms with Gasteiger partial charge in [-0.05, 0) is 41.7 Å². The number of sulfonamides is 1. The maximum absolute atomic E-state index is 12.4. The molecule has 0 saturated heterocycles. The van der Waals surface area contributed by atoms with Crippen molar-refractivity contribution in [1.82, 2.24) is 9.71 Å². The Morgan fingerprint density at radius 3 is 2.33 bits per heavy atom. The number of carboxylic acids is 1. The van der Waals surface area contributed by atoms with Crippen LogP contribution in [-0.4, -0.2) is 30.5 Å². The minimum Gasteiger partial charge on any atom is -0.480 e. The van der Waals surface area contributed by atoms with Gasteiger partial charge < -0.3 is 5.11 Å². The third-order valence-corrected chi connectivity index (χ3v) is 4.95. The quantitative estimate of drug-likeness (QED) is 0.801. The molecule has 1 atom stereocenters. The van der Waals surface area contributed by atoms with Crippen molar-refractivity contribution in [3.05, 3.63) is 48.8 Å². The first-order valence-electron chi connectivity index (χ1n) is 7.55. The molecule has 1 aromatic carbocycles. The van der Waals surface area contributed by atoms with Gasteiger partial charge in [0.05, 0.1) is 4.90 Å². The molecule has 6 nitrogen and oxygen atoms in total. The second kappa shape index (κ2) is 7.55. The van der Waals surface area contributed by atoms with Crippen molar-refractivity contribution < 1.29 is 18.3 Å². The van der Waals surface area contributed by atoms with Gasteiger partial charge in [-0.3, -0.25) is 9.78 Å². The molecule has 2 rings (SSSR count). The molecule has 1 aromatic heterocycles. The number of aromatic nitrogens is 1. The summed E-state index contributed by atoms with van der Waals surface area (Å²) in [6.07, 6.45) is 3.57. The zero-order chi connectivity index (χ0) is 17.7. The van der Waals surface area contributed by atoms with E-state index < -0.39 is 22.0 Å². The van der Waals surface area contributed by atoms with Crippen LogP contribution in [0.2, 0.25) is 0 Å². The van der Waals surface area contributed by atoms with E-state index in [1.807, 2.05) is 19.9 Å². The number of rotatable bonds is 7. The molecule has 0 bridgehead atoms. The normalized spacial score (nSPS) is 13.0. The van der Waals surface area contributed by atoms with Crippen molar-refractivity contribution in [2.75, 3.05) is 0 Å². The Morgan fingerprint density at radius 1 is 1.17 bits per heavy atom. The van der Waals surface area contributed by atoms with Crippen LogP contribution in [0.25, 0.3) is 11.1 Å². The van der Waals surface area contributed by atoms with E-state index >= 15 is 0 Å². The second-order valence-corrected chi connectivity index (χ2v) is 7.62. The van der Waals surface area contributed by atoms with E-state index in [2.05, 4.69) is 9.71 Å². The van der Waals surface area contributed by atoms with Crippen LogP contribution in [-0.2, 0) is 14.8 Å². The Kier molecular flexibility index (Phi) is 5.69. The summed E-state index contributed by atoms with van der Waals surface area (Å²) in [5, 5.41) is 9.19. The topological polar surface area (TPSA) is 96.4 Å². The standard InChI is InChI=1S/C17H20N2O4S/c1-12(2)10-16(17(20)21)19-24(22,23)15-7-5-13(6-8-15)14-4-3-9-18-11-14/h3-9,11-12,16,19H,10H2,1-2H3,(H,20,21). The number of nitrogens with zero attached hydrogens (tertiary/aromatic N) is 1. The molecule has 128 valence electrons. The first kappa shape index (κ1) is 18.1. The van der Waals surface area contributed by atoms with E-state index in [1.165, 1.54) is 12.1 Å². The summed E-state index contributed by atoms with van der Waals surface area (Å²) in [5.41, 5.74) is 1.71. The number of hydrogen-bond donors (Lipinski definition) is 2. The minimum atomic E-state index is -3.90. The average Bonchev–Trinajstić information content (AvgIpc) is 2.54. The maximum Gasteiger partial charge on any atom is 0.321 e. The fourth-order valence-corrected chi connectivity index (χ4v) is 3.49. The van der Waals surface area contributed by atoms with Crippen molar-refractivity contribution >= 4 is 16.0 Å². The number of carbonyl (C=O) groups is 1. The molecule has 1 heterocycles. The van der Waals surface area contributed by atoms with Gasteiger partial charge in [0.25, 0.3) is 0 Å². The molecule has 0 saturated carbocycles. The summed E-state index contributed by atoms with van der Waals surface area (Å²) < 4.78 is 27.0. The van der Waals surface area contributed by atoms with Crippen LogP contribution in [0.4, 0.5) is 0 Å². The van der Waals surface area contributed by atoms with Crippen molar-refractivity contribution in [3.8, 4) is 11.1 Å². The molecule has 0 fully saturated rings. The predicted octanol–water partition coefficient (Wildman–Crippen LogP) is 2.53. The summed E-state index contributed by atoms with van der Waals surface area (Å²) in [4.78, 5) is 15.3. The molecule has 0 radical (unpaired) electrons. The maximum atomic E-state index is 12.4. The van der Waals surface area contributed by atoms with Crippen molar-refractivity contribution in [3.63, 3.8) is 0 Å². The van der Waals surface area contributed by atoms with Gasteiger partial charge in [0.15, 0.2) is 0 Å². The molecule has 0 aliphatic heterocycles. The van der Waals surface area contributed by atoms with Crippen molar-refractivity contribution in [2.24, 2.45) is 5.92 Å². The van der Waals surface area contributed by atoms with Crippen molar-refractivity contribution in [1.29, 1.82) is 0 Å². The first-order valence-corrected chi connectivity index (χ1v) is 9.03. The molecule has 2 aromatic rings. The number of benzene rings is 1. The van der Waals surface area contributed by atoms with E-state index in [4.69, 9.17) is 0 Å². The number of carboxylic acid groups (broad SMARTS) is 1. The van der Waals surface area contributed by atoms with Gasteiger partial charge in [-0.1, -0.05) is 32.0 Å². The lowest BCUT2D eigenvalue weighted by atomic mass is 10.1. The molecule has 2 N–H and O–H groups in total. The highest BCUT2D eigenvalue weighted by atomic mass is 32.2. The lowest BCUT2D eigenvalue weighted by Gasteiger charge is -2.16. The van der Waals surface area contributed by atoms with Gasteiger partial charge >= 0.3 is 5.97 Å². The van der Waals surface area contributed by atoms with Crippen LogP contribution < -0.4 is 4.72 Å². The summed E-state index contributed by atoms with van der Waals surface area (Å²) >= 11 is 0. The van der Waals surface area contributed by atoms with E-state index in [1.54, 1.807) is 30.6 Å². The lowest BCUT2D eigenvalue weighted by molar-refractivity contribution is -0.139. The Morgan fingerprint density at radius 2 is 1.83 bits per heavy atom. The van der Waals surface area contributed by atoms with Gasteiger partial charge in [-0.25, -0.2) is 8.42 Å². The Labute approximate surface area is 141 Å². The summed E-state index contributed by atoms with van der Waals surface area (Å²) in [7, 11) is -3.90. The highest BCUT2D eigenvalue weighted by molar-refractivity contribution is 7.89. The predicted molar refractivity (Wildman–Crippen MR) is 90.9 cm³/mol. The fourth-order valence-electron chi connectivity index (χ4n) is 2.29. The Balaban J connectivity index is 2.21. The van der Waals surface area contributed by atoms with Crippen LogP contribution in [0.15, 0.2) is 53.7 Å². The molecule has 1 unspecified atom stereocenters. The van der Waals surface area contributed by atoms with Crippen LogP contribution in [0.3, 0.4) is 0 Å². The molecular weight excluding hydrogens is 328 g/mol. The molecule has 0 aliphatic carbocycles. The third-order valence-electron chi connectivity index (χ3n) is 3.46. The highest BCUT2D eigenvalue weighted by Gasteiger charge is 2.26. The van der Waals surface area contributed by atoms with Gasteiger partial charge in [-0.15, -0.1) is 0 Å². The van der Waals surface area contributed by atoms with Crippen LogP contribution in [0.5, 0.6) is 0 Å². The summed E-state index contributed by atoms with van der Waals surface area (Å²) in [6, 6.07) is 8.78.